The van der Waals surface area contributed by atoms with Gasteiger partial charge in [0, 0.05) is 18.1 Å². The van der Waals surface area contributed by atoms with Crippen LogP contribution in [0.2, 0.25) is 0 Å². The van der Waals surface area contributed by atoms with Crippen molar-refractivity contribution in [1.29, 1.82) is 0 Å². The number of benzene rings is 1. The zero-order chi connectivity index (χ0) is 12.6. The second-order valence-electron chi connectivity index (χ2n) is 3.82. The van der Waals surface area contributed by atoms with Crippen LogP contribution in [0, 0.1) is 5.82 Å². The minimum atomic E-state index is -3.78. The average molecular weight is 324 g/mol. The highest BCUT2D eigenvalue weighted by Gasteiger charge is 2.31. The van der Waals surface area contributed by atoms with E-state index in [4.69, 9.17) is 4.74 Å². The van der Waals surface area contributed by atoms with Gasteiger partial charge in [-0.15, -0.1) is 0 Å². The van der Waals surface area contributed by atoms with Crippen LogP contribution in [0.25, 0.3) is 0 Å². The van der Waals surface area contributed by atoms with E-state index >= 15 is 0 Å². The molecule has 1 fully saturated rings. The monoisotopic (exact) mass is 323 g/mol. The molecule has 0 bridgehead atoms. The molecule has 1 aliphatic heterocycles. The number of hydrogen-bond donors (Lipinski definition) is 0. The quantitative estimate of drug-likeness (QED) is 0.791. The van der Waals surface area contributed by atoms with Crippen LogP contribution in [0.3, 0.4) is 0 Å². The predicted molar refractivity (Wildman–Crippen MR) is 63.7 cm³/mol. The van der Waals surface area contributed by atoms with E-state index < -0.39 is 15.8 Å². The molecule has 1 aliphatic rings. The van der Waals surface area contributed by atoms with Gasteiger partial charge in [-0.1, -0.05) is 15.9 Å². The van der Waals surface area contributed by atoms with Crippen LogP contribution in [-0.4, -0.2) is 39.0 Å². The van der Waals surface area contributed by atoms with E-state index in [-0.39, 0.29) is 17.5 Å². The molecule has 0 N–H and O–H groups in total. The summed E-state index contributed by atoms with van der Waals surface area (Å²) in [5, 5.41) is 0. The van der Waals surface area contributed by atoms with Crippen molar-refractivity contribution in [3.63, 3.8) is 0 Å². The zero-order valence-electron chi connectivity index (χ0n) is 9.06. The molecule has 0 aromatic heterocycles. The third kappa shape index (κ3) is 2.85. The summed E-state index contributed by atoms with van der Waals surface area (Å²) in [6, 6.07) is 3.88. The molecule has 1 aromatic rings. The highest BCUT2D eigenvalue weighted by molar-refractivity contribution is 9.10. The lowest BCUT2D eigenvalue weighted by Gasteiger charge is -2.16. The molecule has 0 saturated carbocycles. The molecule has 1 heterocycles. The van der Waals surface area contributed by atoms with E-state index in [0.29, 0.717) is 11.1 Å². The van der Waals surface area contributed by atoms with Crippen LogP contribution in [0.5, 0.6) is 0 Å². The lowest BCUT2D eigenvalue weighted by molar-refractivity contribution is 0.358. The van der Waals surface area contributed by atoms with Crippen LogP contribution in [0.1, 0.15) is 0 Å². The molecule has 0 unspecified atom stereocenters. The number of likely N-dealkylation sites (N-methyl/N-ethyl adjacent to an activating group) is 1. The highest BCUT2D eigenvalue weighted by Crippen LogP contribution is 2.23. The number of hydrogen-bond acceptors (Lipinski definition) is 3. The molecular weight excluding hydrogens is 313 g/mol. The molecule has 2 rings (SSSR count). The fraction of sp³-hybridized carbons (Fsp3) is 0.400. The zero-order valence-corrected chi connectivity index (χ0v) is 11.5. The van der Waals surface area contributed by atoms with Gasteiger partial charge in [-0.25, -0.2) is 12.8 Å². The standard InChI is InChI=1S/C10H11BrFNO3S/c1-13(5-8-6-16-8)17(14,15)10-3-2-7(11)4-9(10)12/h2-4,8H,5-6H2,1H3/t8-/m0/s1. The van der Waals surface area contributed by atoms with Gasteiger partial charge in [0.25, 0.3) is 0 Å². The second kappa shape index (κ2) is 4.64. The van der Waals surface area contributed by atoms with Crippen LogP contribution in [-0.2, 0) is 14.8 Å². The minimum Gasteiger partial charge on any atom is -0.372 e. The Bertz CT molecular complexity index is 530. The van der Waals surface area contributed by atoms with E-state index in [0.717, 1.165) is 10.4 Å². The Kier molecular flexibility index (Phi) is 3.53. The second-order valence-corrected chi connectivity index (χ2v) is 6.74. The fourth-order valence-corrected chi connectivity index (χ4v) is 2.99. The minimum absolute atomic E-state index is 0.0618. The van der Waals surface area contributed by atoms with Gasteiger partial charge in [-0.3, -0.25) is 0 Å². The molecular formula is C10H11BrFNO3S. The molecule has 0 aliphatic carbocycles. The molecule has 17 heavy (non-hydrogen) atoms. The molecule has 0 radical (unpaired) electrons. The SMILES string of the molecule is CN(C[C@H]1CO1)S(=O)(=O)c1ccc(Br)cc1F. The first-order chi connectivity index (χ1) is 7.91. The van der Waals surface area contributed by atoms with Gasteiger partial charge in [0.2, 0.25) is 10.0 Å². The van der Waals surface area contributed by atoms with Crippen molar-refractivity contribution in [2.45, 2.75) is 11.0 Å². The number of halogens is 2. The lowest BCUT2D eigenvalue weighted by Crippen LogP contribution is -2.31. The predicted octanol–water partition coefficient (Wildman–Crippen LogP) is 1.61. The number of rotatable bonds is 4. The van der Waals surface area contributed by atoms with Crippen molar-refractivity contribution in [3.8, 4) is 0 Å². The molecule has 1 atom stereocenters. The van der Waals surface area contributed by atoms with E-state index in [1.54, 1.807) is 0 Å². The summed E-state index contributed by atoms with van der Waals surface area (Å²) < 4.78 is 44.2. The first-order valence-corrected chi connectivity index (χ1v) is 7.17. The van der Waals surface area contributed by atoms with Gasteiger partial charge in [0.1, 0.15) is 10.7 Å². The highest BCUT2D eigenvalue weighted by atomic mass is 79.9. The summed E-state index contributed by atoms with van der Waals surface area (Å²) in [7, 11) is -2.37. The normalized spacial score (nSPS) is 19.6. The maximum atomic E-state index is 13.6. The summed E-state index contributed by atoms with van der Waals surface area (Å²) in [5.41, 5.74) is 0. The van der Waals surface area contributed by atoms with Gasteiger partial charge in [-0.2, -0.15) is 4.31 Å². The first-order valence-electron chi connectivity index (χ1n) is 4.94. The van der Waals surface area contributed by atoms with Gasteiger partial charge in [0.15, 0.2) is 0 Å². The largest absolute Gasteiger partial charge is 0.372 e. The molecule has 1 saturated heterocycles. The van der Waals surface area contributed by atoms with E-state index in [9.17, 15) is 12.8 Å². The van der Waals surface area contributed by atoms with Crippen molar-refractivity contribution in [1.82, 2.24) is 4.31 Å². The van der Waals surface area contributed by atoms with Gasteiger partial charge in [0.05, 0.1) is 12.7 Å². The van der Waals surface area contributed by atoms with E-state index in [1.165, 1.54) is 19.2 Å². The van der Waals surface area contributed by atoms with Crippen molar-refractivity contribution in [3.05, 3.63) is 28.5 Å². The maximum absolute atomic E-state index is 13.6. The summed E-state index contributed by atoms with van der Waals surface area (Å²) in [6.07, 6.45) is -0.0618. The third-order valence-corrected chi connectivity index (χ3v) is 4.80. The van der Waals surface area contributed by atoms with Crippen molar-refractivity contribution >= 4 is 26.0 Å². The molecule has 7 heteroatoms. The molecule has 94 valence electrons. The Morgan fingerprint density at radius 1 is 1.59 bits per heavy atom. The van der Waals surface area contributed by atoms with Crippen LogP contribution in [0.4, 0.5) is 4.39 Å². The Morgan fingerprint density at radius 2 is 2.24 bits per heavy atom. The summed E-state index contributed by atoms with van der Waals surface area (Å²) >= 11 is 3.08. The number of nitrogens with zero attached hydrogens (tertiary/aromatic N) is 1. The first kappa shape index (κ1) is 12.9. The average Bonchev–Trinajstić information content (AvgIpc) is 3.00. The van der Waals surface area contributed by atoms with Gasteiger partial charge in [-0.05, 0) is 18.2 Å². The Morgan fingerprint density at radius 3 is 2.76 bits per heavy atom. The summed E-state index contributed by atoms with van der Waals surface area (Å²) in [5.74, 6) is -0.761. The number of epoxide rings is 1. The molecule has 0 spiro atoms. The lowest BCUT2D eigenvalue weighted by atomic mass is 10.3. The fourth-order valence-electron chi connectivity index (χ4n) is 1.41. The van der Waals surface area contributed by atoms with E-state index in [2.05, 4.69) is 15.9 Å². The summed E-state index contributed by atoms with van der Waals surface area (Å²) in [6.45, 7) is 0.806. The van der Waals surface area contributed by atoms with Crippen LogP contribution < -0.4 is 0 Å². The van der Waals surface area contributed by atoms with E-state index in [1.807, 2.05) is 0 Å². The molecule has 1 aromatic carbocycles. The Hall–Kier alpha value is -0.500. The Labute approximate surface area is 108 Å². The summed E-state index contributed by atoms with van der Waals surface area (Å²) in [4.78, 5) is -0.316. The third-order valence-electron chi connectivity index (χ3n) is 2.45. The van der Waals surface area contributed by atoms with Crippen LogP contribution >= 0.6 is 15.9 Å². The van der Waals surface area contributed by atoms with Crippen molar-refractivity contribution in [2.75, 3.05) is 20.2 Å². The topological polar surface area (TPSA) is 49.9 Å². The van der Waals surface area contributed by atoms with Crippen molar-refractivity contribution in [2.24, 2.45) is 0 Å². The number of ether oxygens (including phenoxy) is 1. The van der Waals surface area contributed by atoms with Crippen molar-refractivity contribution < 1.29 is 17.5 Å². The smallest absolute Gasteiger partial charge is 0.245 e. The molecule has 4 nitrogen and oxygen atoms in total. The van der Waals surface area contributed by atoms with Gasteiger partial charge < -0.3 is 4.74 Å². The van der Waals surface area contributed by atoms with Gasteiger partial charge >= 0.3 is 0 Å². The van der Waals surface area contributed by atoms with Crippen LogP contribution in [0.15, 0.2) is 27.6 Å². The Balaban J connectivity index is 2.29. The maximum Gasteiger partial charge on any atom is 0.245 e. The number of sulfonamides is 1. The molecule has 0 amide bonds.